The highest BCUT2D eigenvalue weighted by molar-refractivity contribution is 5.93. The summed E-state index contributed by atoms with van der Waals surface area (Å²) in [5, 5.41) is 7.65. The highest BCUT2D eigenvalue weighted by Crippen LogP contribution is 2.07. The predicted octanol–water partition coefficient (Wildman–Crippen LogP) is 0.231. The van der Waals surface area contributed by atoms with Gasteiger partial charge in [0.1, 0.15) is 11.6 Å². The van der Waals surface area contributed by atoms with E-state index in [-0.39, 0.29) is 6.42 Å². The topological polar surface area (TPSA) is 99.8 Å². The van der Waals surface area contributed by atoms with Crippen LogP contribution >= 0.6 is 0 Å². The molecule has 3 amide bonds. The minimum Gasteiger partial charge on any atom is -0.444 e. The summed E-state index contributed by atoms with van der Waals surface area (Å²) in [5.74, 6) is 4.29. The molecule has 1 rings (SSSR count). The second-order valence-corrected chi connectivity index (χ2v) is 7.12. The molecule has 3 N–H and O–H groups in total. The molecule has 0 aromatic rings. The van der Waals surface area contributed by atoms with E-state index in [1.807, 2.05) is 0 Å². The summed E-state index contributed by atoms with van der Waals surface area (Å²) < 4.78 is 5.13. The number of amides is 3. The van der Waals surface area contributed by atoms with Crippen molar-refractivity contribution in [1.29, 1.82) is 0 Å². The van der Waals surface area contributed by atoms with Crippen LogP contribution in [0.4, 0.5) is 4.79 Å². The molecule has 0 bridgehead atoms. The van der Waals surface area contributed by atoms with E-state index in [1.165, 1.54) is 19.9 Å². The molecule has 0 unspecified atom stereocenters. The number of alkyl carbamates (subject to hydrolysis) is 1. The number of likely N-dealkylation sites (N-methyl/N-ethyl adjacent to an activating group) is 1. The molecule has 0 aromatic carbocycles. The number of carbonyl (C=O) groups is 3. The van der Waals surface area contributed by atoms with Crippen molar-refractivity contribution in [1.82, 2.24) is 20.9 Å². The van der Waals surface area contributed by atoms with Crippen LogP contribution in [0.2, 0.25) is 0 Å². The Labute approximate surface area is 155 Å². The van der Waals surface area contributed by atoms with Gasteiger partial charge in [-0.15, -0.1) is 0 Å². The zero-order valence-corrected chi connectivity index (χ0v) is 16.1. The summed E-state index contributed by atoms with van der Waals surface area (Å²) in [7, 11) is 1.46. The summed E-state index contributed by atoms with van der Waals surface area (Å²) in [6, 6.07) is -0.889. The van der Waals surface area contributed by atoms with Gasteiger partial charge in [0.2, 0.25) is 5.91 Å². The molecule has 1 saturated heterocycles. The summed E-state index contributed by atoms with van der Waals surface area (Å²) in [5.41, 5.74) is -0.668. The first-order chi connectivity index (χ1) is 12.2. The smallest absolute Gasteiger partial charge is 0.408 e. The highest BCUT2D eigenvalue weighted by atomic mass is 16.6. The molecule has 0 radical (unpaired) electrons. The Hall–Kier alpha value is -2.27. The fraction of sp³-hybridized carbons (Fsp3) is 0.722. The number of ether oxygens (including phenoxy) is 1. The van der Waals surface area contributed by atoms with E-state index in [9.17, 15) is 14.4 Å². The van der Waals surface area contributed by atoms with Gasteiger partial charge in [0, 0.05) is 26.6 Å². The number of rotatable bonds is 6. The summed E-state index contributed by atoms with van der Waals surface area (Å²) in [4.78, 5) is 37.7. The lowest BCUT2D eigenvalue weighted by atomic mass is 10.2. The standard InChI is InChI=1S/C18H30N4O4/c1-18(2,3)26-17(25)21-14(16(24)19-4)8-7-9-15(23)20-10-13-22-11-5-6-12-22/h14H,5-6,8,10-13H2,1-4H3,(H,19,24)(H,20,23)(H,21,25)/t14-/m0/s1. The molecule has 1 aliphatic rings. The van der Waals surface area contributed by atoms with Crippen LogP contribution in [0.25, 0.3) is 0 Å². The van der Waals surface area contributed by atoms with Gasteiger partial charge in [0.25, 0.3) is 5.91 Å². The van der Waals surface area contributed by atoms with Gasteiger partial charge in [-0.3, -0.25) is 9.59 Å². The van der Waals surface area contributed by atoms with Crippen molar-refractivity contribution in [2.24, 2.45) is 0 Å². The minimum absolute atomic E-state index is 0.0124. The Kier molecular flexibility index (Phi) is 8.93. The van der Waals surface area contributed by atoms with Crippen molar-refractivity contribution >= 4 is 17.9 Å². The highest BCUT2D eigenvalue weighted by Gasteiger charge is 2.23. The molecule has 0 spiro atoms. The largest absolute Gasteiger partial charge is 0.444 e. The third-order valence-corrected chi connectivity index (χ3v) is 3.67. The maximum atomic E-state index is 11.9. The Bertz CT molecular complexity index is 554. The quantitative estimate of drug-likeness (QED) is 0.585. The minimum atomic E-state index is -0.889. The molecule has 8 nitrogen and oxygen atoms in total. The molecule has 0 aliphatic carbocycles. The maximum absolute atomic E-state index is 11.9. The number of likely N-dealkylation sites (tertiary alicyclic amines) is 1. The van der Waals surface area contributed by atoms with E-state index < -0.39 is 29.6 Å². The SMILES string of the molecule is CNC(=O)[C@H](CC#CC(=O)NCCN1CCCC1)NC(=O)OC(C)(C)C. The van der Waals surface area contributed by atoms with Gasteiger partial charge in [-0.25, -0.2) is 4.79 Å². The predicted molar refractivity (Wildman–Crippen MR) is 98.3 cm³/mol. The van der Waals surface area contributed by atoms with E-state index in [1.54, 1.807) is 20.8 Å². The van der Waals surface area contributed by atoms with E-state index in [0.29, 0.717) is 6.54 Å². The maximum Gasteiger partial charge on any atom is 0.408 e. The fourth-order valence-corrected chi connectivity index (χ4v) is 2.44. The first kappa shape index (κ1) is 21.8. The second kappa shape index (κ2) is 10.7. The van der Waals surface area contributed by atoms with E-state index in [2.05, 4.69) is 32.7 Å². The summed E-state index contributed by atoms with van der Waals surface area (Å²) >= 11 is 0. The molecule has 1 fully saturated rings. The molecule has 146 valence electrons. The van der Waals surface area contributed by atoms with Crippen LogP contribution in [0.5, 0.6) is 0 Å². The zero-order chi connectivity index (χ0) is 19.6. The van der Waals surface area contributed by atoms with Crippen LogP contribution in [-0.4, -0.2) is 67.7 Å². The van der Waals surface area contributed by atoms with Crippen LogP contribution in [0.15, 0.2) is 0 Å². The Morgan fingerprint density at radius 3 is 2.42 bits per heavy atom. The Balaban J connectivity index is 2.42. The van der Waals surface area contributed by atoms with Gasteiger partial charge < -0.3 is 25.6 Å². The van der Waals surface area contributed by atoms with Gasteiger partial charge in [-0.1, -0.05) is 5.92 Å². The average molecular weight is 366 g/mol. The van der Waals surface area contributed by atoms with E-state index in [0.717, 1.165) is 19.6 Å². The molecule has 0 saturated carbocycles. The first-order valence-electron chi connectivity index (χ1n) is 8.91. The van der Waals surface area contributed by atoms with Gasteiger partial charge in [0.05, 0.1) is 0 Å². The molecular weight excluding hydrogens is 336 g/mol. The van der Waals surface area contributed by atoms with Crippen LogP contribution in [0.1, 0.15) is 40.0 Å². The van der Waals surface area contributed by atoms with Gasteiger partial charge in [-0.05, 0) is 52.6 Å². The lowest BCUT2D eigenvalue weighted by molar-refractivity contribution is -0.122. The Morgan fingerprint density at radius 2 is 1.85 bits per heavy atom. The Morgan fingerprint density at radius 1 is 1.19 bits per heavy atom. The van der Waals surface area contributed by atoms with Crippen molar-refractivity contribution < 1.29 is 19.1 Å². The van der Waals surface area contributed by atoms with Crippen molar-refractivity contribution in [3.63, 3.8) is 0 Å². The zero-order valence-electron chi connectivity index (χ0n) is 16.1. The number of nitrogens with one attached hydrogen (secondary N) is 3. The molecule has 26 heavy (non-hydrogen) atoms. The normalized spacial score (nSPS) is 15.4. The molecular formula is C18H30N4O4. The van der Waals surface area contributed by atoms with Crippen LogP contribution in [0.3, 0.4) is 0 Å². The van der Waals surface area contributed by atoms with Crippen LogP contribution in [0, 0.1) is 11.8 Å². The fourth-order valence-electron chi connectivity index (χ4n) is 2.44. The van der Waals surface area contributed by atoms with Crippen LogP contribution in [-0.2, 0) is 14.3 Å². The first-order valence-corrected chi connectivity index (χ1v) is 8.91. The molecule has 8 heteroatoms. The molecule has 1 atom stereocenters. The second-order valence-electron chi connectivity index (χ2n) is 7.12. The molecule has 1 aliphatic heterocycles. The number of hydrogen-bond acceptors (Lipinski definition) is 5. The van der Waals surface area contributed by atoms with Crippen molar-refractivity contribution in [3.05, 3.63) is 0 Å². The average Bonchev–Trinajstić information content (AvgIpc) is 3.04. The van der Waals surface area contributed by atoms with Crippen LogP contribution < -0.4 is 16.0 Å². The van der Waals surface area contributed by atoms with E-state index in [4.69, 9.17) is 4.74 Å². The lowest BCUT2D eigenvalue weighted by Crippen LogP contribution is -2.47. The lowest BCUT2D eigenvalue weighted by Gasteiger charge is -2.22. The monoisotopic (exact) mass is 366 g/mol. The van der Waals surface area contributed by atoms with E-state index >= 15 is 0 Å². The summed E-state index contributed by atoms with van der Waals surface area (Å²) in [6.45, 7) is 8.70. The van der Waals surface area contributed by atoms with Crippen molar-refractivity contribution in [3.8, 4) is 11.8 Å². The molecule has 1 heterocycles. The number of carbonyl (C=O) groups excluding carboxylic acids is 3. The third kappa shape index (κ3) is 9.28. The van der Waals surface area contributed by atoms with Crippen molar-refractivity contribution in [2.75, 3.05) is 33.2 Å². The number of nitrogens with zero attached hydrogens (tertiary/aromatic N) is 1. The van der Waals surface area contributed by atoms with Gasteiger partial charge >= 0.3 is 6.09 Å². The third-order valence-electron chi connectivity index (χ3n) is 3.67. The summed E-state index contributed by atoms with van der Waals surface area (Å²) in [6.07, 6.45) is 1.72. The number of hydrogen-bond donors (Lipinski definition) is 3. The van der Waals surface area contributed by atoms with Crippen molar-refractivity contribution in [2.45, 2.75) is 51.7 Å². The van der Waals surface area contributed by atoms with Gasteiger partial charge in [0.15, 0.2) is 0 Å². The molecule has 0 aromatic heterocycles. The van der Waals surface area contributed by atoms with Gasteiger partial charge in [-0.2, -0.15) is 0 Å².